The normalized spacial score (nSPS) is 11.8. The molecule has 0 spiro atoms. The summed E-state index contributed by atoms with van der Waals surface area (Å²) in [5.41, 5.74) is 2.77. The molecule has 9 heteroatoms. The van der Waals surface area contributed by atoms with E-state index in [1.165, 1.54) is 14.2 Å². The Kier molecular flexibility index (Phi) is 6.09. The van der Waals surface area contributed by atoms with E-state index >= 15 is 0 Å². The van der Waals surface area contributed by atoms with Gasteiger partial charge in [-0.2, -0.15) is 10.2 Å². The SMILES string of the molecule is COC(=O)c1cc2c(-c3cnn(C)c3)nn(COCC[Si](C)(C)C)c2cc1OC. The molecule has 0 aliphatic heterocycles. The molecule has 3 aromatic rings. The molecule has 0 fully saturated rings. The van der Waals surface area contributed by atoms with Gasteiger partial charge in [-0.1, -0.05) is 19.6 Å². The second kappa shape index (κ2) is 8.38. The maximum absolute atomic E-state index is 12.2. The zero-order valence-corrected chi connectivity index (χ0v) is 18.9. The summed E-state index contributed by atoms with van der Waals surface area (Å²) >= 11 is 0. The van der Waals surface area contributed by atoms with Crippen molar-refractivity contribution in [3.8, 4) is 17.0 Å². The molecular formula is C20H28N4O4Si. The van der Waals surface area contributed by atoms with E-state index in [0.29, 0.717) is 24.7 Å². The number of carbonyl (C=O) groups excluding carboxylic acids is 1. The van der Waals surface area contributed by atoms with Gasteiger partial charge in [-0.3, -0.25) is 4.68 Å². The minimum absolute atomic E-state index is 0.321. The second-order valence-electron chi connectivity index (χ2n) is 8.16. The molecule has 0 saturated heterocycles. The summed E-state index contributed by atoms with van der Waals surface area (Å²) in [6.45, 7) is 7.97. The van der Waals surface area contributed by atoms with Gasteiger partial charge in [-0.25, -0.2) is 9.48 Å². The summed E-state index contributed by atoms with van der Waals surface area (Å²) in [6, 6.07) is 4.64. The van der Waals surface area contributed by atoms with Crippen LogP contribution in [0.5, 0.6) is 5.75 Å². The summed E-state index contributed by atoms with van der Waals surface area (Å²) in [5, 5.41) is 9.81. The summed E-state index contributed by atoms with van der Waals surface area (Å²) in [6.07, 6.45) is 3.64. The van der Waals surface area contributed by atoms with Crippen molar-refractivity contribution in [2.45, 2.75) is 32.4 Å². The molecule has 0 N–H and O–H groups in total. The number of hydrogen-bond acceptors (Lipinski definition) is 6. The number of rotatable bonds is 8. The van der Waals surface area contributed by atoms with E-state index in [2.05, 4.69) is 24.7 Å². The molecule has 0 aliphatic rings. The van der Waals surface area contributed by atoms with Crippen LogP contribution in [0, 0.1) is 0 Å². The molecule has 0 aliphatic carbocycles. The predicted molar refractivity (Wildman–Crippen MR) is 114 cm³/mol. The standard InChI is InChI=1S/C20H28N4O4Si/c1-23-12-14(11-21-23)19-15-9-16(20(25)27-3)18(26-2)10-17(15)24(22-19)13-28-7-8-29(4,5)6/h9-12H,7-8,13H2,1-6H3. The van der Waals surface area contributed by atoms with Crippen molar-refractivity contribution in [2.75, 3.05) is 20.8 Å². The molecule has 156 valence electrons. The van der Waals surface area contributed by atoms with Gasteiger partial charge in [0.15, 0.2) is 0 Å². The van der Waals surface area contributed by atoms with E-state index in [-0.39, 0.29) is 0 Å². The van der Waals surface area contributed by atoms with Crippen LogP contribution in [0.3, 0.4) is 0 Å². The van der Waals surface area contributed by atoms with E-state index < -0.39 is 14.0 Å². The first-order valence-corrected chi connectivity index (χ1v) is 13.2. The summed E-state index contributed by atoms with van der Waals surface area (Å²) in [5.74, 6) is -0.0228. The maximum atomic E-state index is 12.2. The molecule has 0 radical (unpaired) electrons. The highest BCUT2D eigenvalue weighted by molar-refractivity contribution is 6.76. The number of aryl methyl sites for hydroxylation is 1. The van der Waals surface area contributed by atoms with Crippen molar-refractivity contribution in [1.82, 2.24) is 19.6 Å². The average Bonchev–Trinajstić information content (AvgIpc) is 3.26. The van der Waals surface area contributed by atoms with Crippen LogP contribution in [0.25, 0.3) is 22.2 Å². The van der Waals surface area contributed by atoms with E-state index in [1.54, 1.807) is 27.7 Å². The smallest absolute Gasteiger partial charge is 0.341 e. The Labute approximate surface area is 171 Å². The second-order valence-corrected chi connectivity index (χ2v) is 13.8. The quantitative estimate of drug-likeness (QED) is 0.317. The molecule has 2 heterocycles. The topological polar surface area (TPSA) is 80.4 Å². The fourth-order valence-electron chi connectivity index (χ4n) is 3.02. The van der Waals surface area contributed by atoms with Crippen LogP contribution < -0.4 is 4.74 Å². The third kappa shape index (κ3) is 4.68. The van der Waals surface area contributed by atoms with E-state index in [9.17, 15) is 4.79 Å². The van der Waals surface area contributed by atoms with Crippen LogP contribution in [0.15, 0.2) is 24.5 Å². The Morgan fingerprint density at radius 2 is 1.97 bits per heavy atom. The predicted octanol–water partition coefficient (Wildman–Crippen LogP) is 3.54. The highest BCUT2D eigenvalue weighted by atomic mass is 28.3. The number of esters is 1. The molecule has 8 nitrogen and oxygen atoms in total. The van der Waals surface area contributed by atoms with Gasteiger partial charge in [0.1, 0.15) is 23.7 Å². The Balaban J connectivity index is 2.05. The fourth-order valence-corrected chi connectivity index (χ4v) is 3.78. The van der Waals surface area contributed by atoms with E-state index in [4.69, 9.17) is 19.3 Å². The molecule has 1 aromatic carbocycles. The summed E-state index contributed by atoms with van der Waals surface area (Å²) < 4.78 is 19.8. The number of fused-ring (bicyclic) bond motifs is 1. The Morgan fingerprint density at radius 3 is 2.55 bits per heavy atom. The highest BCUT2D eigenvalue weighted by Gasteiger charge is 2.21. The maximum Gasteiger partial charge on any atom is 0.341 e. The fraction of sp³-hybridized carbons (Fsp3) is 0.450. The molecule has 0 unspecified atom stereocenters. The molecule has 2 aromatic heterocycles. The Bertz CT molecular complexity index is 1020. The largest absolute Gasteiger partial charge is 0.496 e. The van der Waals surface area contributed by atoms with Crippen molar-refractivity contribution >= 4 is 24.9 Å². The highest BCUT2D eigenvalue weighted by Crippen LogP contribution is 2.33. The number of benzene rings is 1. The molecule has 0 bridgehead atoms. The zero-order chi connectivity index (χ0) is 21.2. The van der Waals surface area contributed by atoms with Gasteiger partial charge in [-0.05, 0) is 12.1 Å². The number of ether oxygens (including phenoxy) is 3. The van der Waals surface area contributed by atoms with Gasteiger partial charge in [0.25, 0.3) is 0 Å². The van der Waals surface area contributed by atoms with E-state index in [1.807, 2.05) is 13.2 Å². The van der Waals surface area contributed by atoms with Crippen molar-refractivity contribution in [3.05, 3.63) is 30.1 Å². The first-order chi connectivity index (χ1) is 13.7. The summed E-state index contributed by atoms with van der Waals surface area (Å²) in [4.78, 5) is 12.2. The number of hydrogen-bond donors (Lipinski definition) is 0. The Morgan fingerprint density at radius 1 is 1.21 bits per heavy atom. The van der Waals surface area contributed by atoms with Gasteiger partial charge < -0.3 is 14.2 Å². The van der Waals surface area contributed by atoms with Crippen molar-refractivity contribution < 1.29 is 19.0 Å². The van der Waals surface area contributed by atoms with Gasteiger partial charge in [0.05, 0.1) is 25.9 Å². The van der Waals surface area contributed by atoms with Crippen molar-refractivity contribution in [2.24, 2.45) is 7.05 Å². The van der Waals surface area contributed by atoms with Crippen molar-refractivity contribution in [1.29, 1.82) is 0 Å². The van der Waals surface area contributed by atoms with Crippen molar-refractivity contribution in [3.63, 3.8) is 0 Å². The number of aromatic nitrogens is 4. The number of nitrogens with zero attached hydrogens (tertiary/aromatic N) is 4. The lowest BCUT2D eigenvalue weighted by molar-refractivity contribution is 0.0597. The lowest BCUT2D eigenvalue weighted by atomic mass is 10.1. The van der Waals surface area contributed by atoms with E-state index in [0.717, 1.165) is 28.2 Å². The van der Waals surface area contributed by atoms with Gasteiger partial charge in [0.2, 0.25) is 0 Å². The van der Waals surface area contributed by atoms with Gasteiger partial charge >= 0.3 is 5.97 Å². The van der Waals surface area contributed by atoms with Gasteiger partial charge in [-0.15, -0.1) is 0 Å². The molecule has 0 saturated carbocycles. The third-order valence-electron chi connectivity index (χ3n) is 4.67. The number of carbonyl (C=O) groups is 1. The number of methoxy groups -OCH3 is 2. The van der Waals surface area contributed by atoms with Crippen LogP contribution in [0.4, 0.5) is 0 Å². The van der Waals surface area contributed by atoms with Gasteiger partial charge in [0, 0.05) is 44.9 Å². The minimum Gasteiger partial charge on any atom is -0.496 e. The van der Waals surface area contributed by atoms with Crippen LogP contribution in [-0.4, -0.2) is 54.4 Å². The Hall–Kier alpha value is -2.65. The minimum atomic E-state index is -1.17. The summed E-state index contributed by atoms with van der Waals surface area (Å²) in [7, 11) is 3.56. The van der Waals surface area contributed by atoms with Crippen LogP contribution in [-0.2, 0) is 23.3 Å². The average molecular weight is 417 g/mol. The van der Waals surface area contributed by atoms with Crippen LogP contribution >= 0.6 is 0 Å². The molecular weight excluding hydrogens is 388 g/mol. The van der Waals surface area contributed by atoms with Crippen LogP contribution in [0.1, 0.15) is 10.4 Å². The zero-order valence-electron chi connectivity index (χ0n) is 17.9. The molecule has 3 rings (SSSR count). The molecule has 29 heavy (non-hydrogen) atoms. The third-order valence-corrected chi connectivity index (χ3v) is 6.37. The molecule has 0 amide bonds. The first kappa shape index (κ1) is 21.1. The monoisotopic (exact) mass is 416 g/mol. The lowest BCUT2D eigenvalue weighted by Gasteiger charge is -2.15. The first-order valence-electron chi connectivity index (χ1n) is 9.47. The molecule has 0 atom stereocenters. The van der Waals surface area contributed by atoms with Crippen LogP contribution in [0.2, 0.25) is 25.7 Å². The lowest BCUT2D eigenvalue weighted by Crippen LogP contribution is -2.22.